The molecule has 1 aliphatic heterocycles. The van der Waals surface area contributed by atoms with Crippen LogP contribution in [0.3, 0.4) is 0 Å². The van der Waals surface area contributed by atoms with Gasteiger partial charge in [0.1, 0.15) is 5.82 Å². The molecule has 2 aromatic rings. The summed E-state index contributed by atoms with van der Waals surface area (Å²) in [5.41, 5.74) is 3.43. The van der Waals surface area contributed by atoms with E-state index in [1.165, 1.54) is 12.1 Å². The van der Waals surface area contributed by atoms with Crippen molar-refractivity contribution in [2.75, 3.05) is 6.54 Å². The van der Waals surface area contributed by atoms with Gasteiger partial charge in [-0.25, -0.2) is 9.18 Å². The zero-order valence-corrected chi connectivity index (χ0v) is 17.4. The molecule has 1 N–H and O–H groups in total. The van der Waals surface area contributed by atoms with Crippen LogP contribution in [0.25, 0.3) is 0 Å². The molecule has 5 nitrogen and oxygen atoms in total. The molecule has 0 bridgehead atoms. The van der Waals surface area contributed by atoms with Gasteiger partial charge in [-0.15, -0.1) is 0 Å². The van der Waals surface area contributed by atoms with E-state index < -0.39 is 0 Å². The molecule has 154 valence electrons. The van der Waals surface area contributed by atoms with Crippen LogP contribution < -0.4 is 5.32 Å². The van der Waals surface area contributed by atoms with Gasteiger partial charge in [0.2, 0.25) is 0 Å². The average Bonchev–Trinajstić information content (AvgIpc) is 3.08. The van der Waals surface area contributed by atoms with Gasteiger partial charge in [-0.2, -0.15) is 0 Å². The molecule has 0 saturated heterocycles. The number of benzene rings is 2. The van der Waals surface area contributed by atoms with Crippen LogP contribution in [0.15, 0.2) is 53.7 Å². The number of rotatable bonds is 5. The van der Waals surface area contributed by atoms with Crippen LogP contribution in [0.1, 0.15) is 43.9 Å². The monoisotopic (exact) mass is 397 g/mol. The largest absolute Gasteiger partial charge is 0.390 e. The van der Waals surface area contributed by atoms with Gasteiger partial charge in [-0.05, 0) is 51.0 Å². The third-order valence-electron chi connectivity index (χ3n) is 4.64. The first-order chi connectivity index (χ1) is 13.7. The second-order valence-electron chi connectivity index (χ2n) is 8.48. The molecule has 0 spiro atoms. The minimum atomic E-state index is -0.378. The number of hydrogen-bond acceptors (Lipinski definition) is 3. The number of carbonyl (C=O) groups is 1. The molecular weight excluding hydrogens is 369 g/mol. The Morgan fingerprint density at radius 3 is 2.69 bits per heavy atom. The van der Waals surface area contributed by atoms with Gasteiger partial charge in [0.15, 0.2) is 6.10 Å². The fraction of sp³-hybridized carbons (Fsp3) is 0.391. The minimum absolute atomic E-state index is 0.213. The maximum absolute atomic E-state index is 13.6. The Morgan fingerprint density at radius 2 is 2.00 bits per heavy atom. The van der Waals surface area contributed by atoms with Crippen molar-refractivity contribution in [1.29, 1.82) is 0 Å². The highest BCUT2D eigenvalue weighted by atomic mass is 19.1. The van der Waals surface area contributed by atoms with Gasteiger partial charge in [-0.1, -0.05) is 41.6 Å². The van der Waals surface area contributed by atoms with Crippen molar-refractivity contribution in [1.82, 2.24) is 10.2 Å². The van der Waals surface area contributed by atoms with E-state index in [0.29, 0.717) is 19.5 Å². The molecule has 1 heterocycles. The molecule has 0 radical (unpaired) electrons. The van der Waals surface area contributed by atoms with Crippen LogP contribution in [0.4, 0.5) is 9.18 Å². The molecule has 29 heavy (non-hydrogen) atoms. The predicted molar refractivity (Wildman–Crippen MR) is 112 cm³/mol. The molecule has 6 heteroatoms. The van der Waals surface area contributed by atoms with Gasteiger partial charge in [-0.3, -0.25) is 0 Å². The molecule has 2 aromatic carbocycles. The highest BCUT2D eigenvalue weighted by molar-refractivity contribution is 6.02. The Balaban J connectivity index is 1.71. The number of aryl methyl sites for hydroxylation is 1. The quantitative estimate of drug-likeness (QED) is 0.799. The molecular formula is C23H28FN3O2. The number of urea groups is 1. The molecule has 0 aromatic heterocycles. The summed E-state index contributed by atoms with van der Waals surface area (Å²) >= 11 is 0. The van der Waals surface area contributed by atoms with E-state index in [1.54, 1.807) is 11.0 Å². The normalized spacial score (nSPS) is 16.2. The summed E-state index contributed by atoms with van der Waals surface area (Å²) in [4.78, 5) is 20.2. The molecule has 1 atom stereocenters. The van der Waals surface area contributed by atoms with Crippen molar-refractivity contribution in [2.45, 2.75) is 52.3 Å². The fourth-order valence-corrected chi connectivity index (χ4v) is 3.30. The van der Waals surface area contributed by atoms with E-state index in [4.69, 9.17) is 4.84 Å². The topological polar surface area (TPSA) is 53.9 Å². The van der Waals surface area contributed by atoms with Crippen LogP contribution in [0, 0.1) is 12.7 Å². The van der Waals surface area contributed by atoms with Crippen molar-refractivity contribution in [3.8, 4) is 0 Å². The van der Waals surface area contributed by atoms with Crippen LogP contribution >= 0.6 is 0 Å². The Bertz CT molecular complexity index is 905. The predicted octanol–water partition coefficient (Wildman–Crippen LogP) is 4.64. The van der Waals surface area contributed by atoms with E-state index in [9.17, 15) is 9.18 Å². The van der Waals surface area contributed by atoms with Gasteiger partial charge >= 0.3 is 6.03 Å². The lowest BCUT2D eigenvalue weighted by Crippen LogP contribution is -2.50. The SMILES string of the molecule is Cc1ccccc1C1=NOC(CN(Cc2cccc(F)c2)C(=O)NC(C)(C)C)C1. The van der Waals surface area contributed by atoms with Gasteiger partial charge in [0.05, 0.1) is 12.3 Å². The van der Waals surface area contributed by atoms with Crippen molar-refractivity contribution in [2.24, 2.45) is 5.16 Å². The van der Waals surface area contributed by atoms with Crippen LogP contribution in [0.5, 0.6) is 0 Å². The summed E-state index contributed by atoms with van der Waals surface area (Å²) in [6.07, 6.45) is 0.372. The van der Waals surface area contributed by atoms with E-state index in [1.807, 2.05) is 58.0 Å². The zero-order valence-electron chi connectivity index (χ0n) is 17.4. The van der Waals surface area contributed by atoms with Crippen molar-refractivity contribution < 1.29 is 14.0 Å². The summed E-state index contributed by atoms with van der Waals surface area (Å²) in [6, 6.07) is 14.1. The lowest BCUT2D eigenvalue weighted by molar-refractivity contribution is 0.0580. The fourth-order valence-electron chi connectivity index (χ4n) is 3.30. The Kier molecular flexibility index (Phi) is 6.20. The number of nitrogens with one attached hydrogen (secondary N) is 1. The number of hydrogen-bond donors (Lipinski definition) is 1. The number of halogens is 1. The van der Waals surface area contributed by atoms with Crippen LogP contribution in [-0.2, 0) is 11.4 Å². The molecule has 1 aliphatic rings. The molecule has 0 fully saturated rings. The number of oxime groups is 1. The first-order valence-corrected chi connectivity index (χ1v) is 9.81. The van der Waals surface area contributed by atoms with Gasteiger partial charge < -0.3 is 15.1 Å². The second-order valence-corrected chi connectivity index (χ2v) is 8.48. The smallest absolute Gasteiger partial charge is 0.318 e. The standard InChI is InChI=1S/C23H28FN3O2/c1-16-8-5-6-11-20(16)21-13-19(29-26-21)15-27(22(28)25-23(2,3)4)14-17-9-7-10-18(24)12-17/h5-12,19H,13-15H2,1-4H3,(H,25,28). The minimum Gasteiger partial charge on any atom is -0.390 e. The summed E-state index contributed by atoms with van der Waals surface area (Å²) in [5.74, 6) is -0.319. The van der Waals surface area contributed by atoms with Crippen molar-refractivity contribution in [3.63, 3.8) is 0 Å². The lowest BCUT2D eigenvalue weighted by Gasteiger charge is -2.29. The molecule has 1 unspecified atom stereocenters. The summed E-state index contributed by atoms with van der Waals surface area (Å²) < 4.78 is 13.6. The Morgan fingerprint density at radius 1 is 1.24 bits per heavy atom. The number of amides is 2. The highest BCUT2D eigenvalue weighted by Crippen LogP contribution is 2.21. The second kappa shape index (κ2) is 8.64. The van der Waals surface area contributed by atoms with E-state index >= 15 is 0 Å². The van der Waals surface area contributed by atoms with E-state index in [2.05, 4.69) is 10.5 Å². The molecule has 0 saturated carbocycles. The van der Waals surface area contributed by atoms with Gasteiger partial charge in [0, 0.05) is 24.1 Å². The zero-order chi connectivity index (χ0) is 21.0. The molecule has 3 rings (SSSR count). The van der Waals surface area contributed by atoms with E-state index in [-0.39, 0.29) is 23.5 Å². The Labute approximate surface area is 171 Å². The van der Waals surface area contributed by atoms with E-state index in [0.717, 1.165) is 22.4 Å². The van der Waals surface area contributed by atoms with Crippen LogP contribution in [0.2, 0.25) is 0 Å². The summed E-state index contributed by atoms with van der Waals surface area (Å²) in [7, 11) is 0. The van der Waals surface area contributed by atoms with Gasteiger partial charge in [0.25, 0.3) is 0 Å². The lowest BCUT2D eigenvalue weighted by atomic mass is 10.0. The summed E-state index contributed by atoms with van der Waals surface area (Å²) in [6.45, 7) is 8.47. The Hall–Kier alpha value is -2.89. The molecule has 2 amide bonds. The number of nitrogens with zero attached hydrogens (tertiary/aromatic N) is 2. The first kappa shape index (κ1) is 20.8. The highest BCUT2D eigenvalue weighted by Gasteiger charge is 2.28. The average molecular weight is 397 g/mol. The maximum Gasteiger partial charge on any atom is 0.318 e. The third-order valence-corrected chi connectivity index (χ3v) is 4.64. The van der Waals surface area contributed by atoms with Crippen molar-refractivity contribution >= 4 is 11.7 Å². The summed E-state index contributed by atoms with van der Waals surface area (Å²) in [5, 5.41) is 7.23. The van der Waals surface area contributed by atoms with Crippen molar-refractivity contribution in [3.05, 3.63) is 71.0 Å². The van der Waals surface area contributed by atoms with Crippen LogP contribution in [-0.4, -0.2) is 34.8 Å². The third kappa shape index (κ3) is 5.79. The number of carbonyl (C=O) groups excluding carboxylic acids is 1. The maximum atomic E-state index is 13.6. The molecule has 0 aliphatic carbocycles. The first-order valence-electron chi connectivity index (χ1n) is 9.81.